The second-order valence-corrected chi connectivity index (χ2v) is 7.18. The van der Waals surface area contributed by atoms with Crippen LogP contribution in [0.1, 0.15) is 34.7 Å². The highest BCUT2D eigenvalue weighted by molar-refractivity contribution is 7.10. The Kier molecular flexibility index (Phi) is 5.51. The summed E-state index contributed by atoms with van der Waals surface area (Å²) < 4.78 is 6.03. The Labute approximate surface area is 153 Å². The smallest absolute Gasteiger partial charge is 0.123 e. The van der Waals surface area contributed by atoms with Crippen molar-refractivity contribution in [3.63, 3.8) is 0 Å². The lowest BCUT2D eigenvalue weighted by Crippen LogP contribution is -2.11. The molecule has 0 aliphatic carbocycles. The van der Waals surface area contributed by atoms with Crippen molar-refractivity contribution in [2.24, 2.45) is 0 Å². The van der Waals surface area contributed by atoms with Crippen LogP contribution in [0.25, 0.3) is 11.3 Å². The van der Waals surface area contributed by atoms with Gasteiger partial charge in [-0.1, -0.05) is 30.3 Å². The fourth-order valence-electron chi connectivity index (χ4n) is 2.69. The fraction of sp³-hybridized carbons (Fsp3) is 0.286. The van der Waals surface area contributed by atoms with E-state index < -0.39 is 0 Å². The van der Waals surface area contributed by atoms with Gasteiger partial charge in [0.15, 0.2) is 0 Å². The Morgan fingerprint density at radius 2 is 1.88 bits per heavy atom. The first-order chi connectivity index (χ1) is 12.1. The zero-order valence-corrected chi connectivity index (χ0v) is 16.0. The Morgan fingerprint density at radius 3 is 2.60 bits per heavy atom. The third kappa shape index (κ3) is 4.09. The summed E-state index contributed by atoms with van der Waals surface area (Å²) in [4.78, 5) is 4.79. The average molecular weight is 353 g/mol. The molecule has 0 radical (unpaired) electrons. The molecule has 0 aliphatic rings. The number of nitrogens with zero attached hydrogens (tertiary/aromatic N) is 1. The number of hydrogen-bond donors (Lipinski definition) is 1. The first kappa shape index (κ1) is 17.6. The van der Waals surface area contributed by atoms with Crippen LogP contribution in [0.15, 0.2) is 47.8 Å². The van der Waals surface area contributed by atoms with Gasteiger partial charge in [0.05, 0.1) is 11.7 Å². The number of hydrogen-bond acceptors (Lipinski definition) is 4. The van der Waals surface area contributed by atoms with Crippen molar-refractivity contribution in [3.8, 4) is 17.0 Å². The van der Waals surface area contributed by atoms with Crippen molar-refractivity contribution < 1.29 is 4.74 Å². The van der Waals surface area contributed by atoms with E-state index in [1.54, 1.807) is 11.3 Å². The molecule has 0 bridgehead atoms. The Morgan fingerprint density at radius 1 is 1.12 bits per heavy atom. The van der Waals surface area contributed by atoms with Crippen LogP contribution in [0.3, 0.4) is 0 Å². The lowest BCUT2D eigenvalue weighted by molar-refractivity contribution is 0.304. The molecule has 3 aromatic rings. The third-order valence-corrected chi connectivity index (χ3v) is 5.39. The van der Waals surface area contributed by atoms with Gasteiger partial charge in [-0.2, -0.15) is 0 Å². The van der Waals surface area contributed by atoms with Crippen LogP contribution in [0, 0.1) is 13.8 Å². The Bertz CT molecular complexity index is 842. The molecule has 1 unspecified atom stereocenters. The fourth-order valence-corrected chi connectivity index (χ4v) is 3.58. The molecule has 0 amide bonds. The first-order valence-electron chi connectivity index (χ1n) is 8.49. The standard InChI is InChI=1S/C21H24N2OS/c1-14-11-20(24-12-17-8-6-5-7-9-17)15(2)10-18(14)19-13-25-21(23-19)16(3)22-4/h5-11,13,16,22H,12H2,1-4H3. The highest BCUT2D eigenvalue weighted by Crippen LogP contribution is 2.32. The summed E-state index contributed by atoms with van der Waals surface area (Å²) in [7, 11) is 1.96. The number of aromatic nitrogens is 1. The van der Waals surface area contributed by atoms with Crippen molar-refractivity contribution in [1.29, 1.82) is 0 Å². The maximum absolute atomic E-state index is 6.03. The van der Waals surface area contributed by atoms with Crippen molar-refractivity contribution in [2.45, 2.75) is 33.4 Å². The van der Waals surface area contributed by atoms with Crippen LogP contribution in [-0.4, -0.2) is 12.0 Å². The summed E-state index contributed by atoms with van der Waals surface area (Å²) in [6.45, 7) is 6.92. The highest BCUT2D eigenvalue weighted by atomic mass is 32.1. The normalized spacial score (nSPS) is 12.2. The second-order valence-electron chi connectivity index (χ2n) is 6.29. The van der Waals surface area contributed by atoms with Crippen LogP contribution in [-0.2, 0) is 6.61 Å². The second kappa shape index (κ2) is 7.81. The van der Waals surface area contributed by atoms with Gasteiger partial charge in [0, 0.05) is 10.9 Å². The maximum Gasteiger partial charge on any atom is 0.123 e. The van der Waals surface area contributed by atoms with Gasteiger partial charge in [-0.05, 0) is 56.6 Å². The SMILES string of the molecule is CNC(C)c1nc(-c2cc(C)c(OCc3ccccc3)cc2C)cs1. The van der Waals surface area contributed by atoms with Gasteiger partial charge in [0.25, 0.3) is 0 Å². The van der Waals surface area contributed by atoms with Crippen molar-refractivity contribution in [3.05, 3.63) is 69.5 Å². The third-order valence-electron chi connectivity index (χ3n) is 4.36. The number of aryl methyl sites for hydroxylation is 2. The number of ether oxygens (including phenoxy) is 1. The lowest BCUT2D eigenvalue weighted by Gasteiger charge is -2.13. The average Bonchev–Trinajstić information content (AvgIpc) is 3.12. The van der Waals surface area contributed by atoms with Gasteiger partial charge in [0.2, 0.25) is 0 Å². The molecule has 130 valence electrons. The minimum Gasteiger partial charge on any atom is -0.489 e. The van der Waals surface area contributed by atoms with Crippen LogP contribution in [0.5, 0.6) is 5.75 Å². The zero-order valence-electron chi connectivity index (χ0n) is 15.2. The van der Waals surface area contributed by atoms with Crippen LogP contribution >= 0.6 is 11.3 Å². The number of nitrogens with one attached hydrogen (secondary N) is 1. The first-order valence-corrected chi connectivity index (χ1v) is 9.37. The van der Waals surface area contributed by atoms with Gasteiger partial charge in [-0.15, -0.1) is 11.3 Å². The monoisotopic (exact) mass is 352 g/mol. The van der Waals surface area contributed by atoms with E-state index in [9.17, 15) is 0 Å². The van der Waals surface area contributed by atoms with E-state index in [1.165, 1.54) is 16.7 Å². The topological polar surface area (TPSA) is 34.2 Å². The van der Waals surface area contributed by atoms with Crippen molar-refractivity contribution >= 4 is 11.3 Å². The van der Waals surface area contributed by atoms with E-state index in [4.69, 9.17) is 9.72 Å². The van der Waals surface area contributed by atoms with Gasteiger partial charge in [-0.3, -0.25) is 0 Å². The summed E-state index contributed by atoms with van der Waals surface area (Å²) in [6, 6.07) is 14.8. The highest BCUT2D eigenvalue weighted by Gasteiger charge is 2.13. The molecular formula is C21H24N2OS. The van der Waals surface area contributed by atoms with Gasteiger partial charge < -0.3 is 10.1 Å². The summed E-state index contributed by atoms with van der Waals surface area (Å²) >= 11 is 1.70. The summed E-state index contributed by atoms with van der Waals surface area (Å²) in [5.41, 5.74) is 5.71. The molecule has 1 atom stereocenters. The molecule has 0 aliphatic heterocycles. The van der Waals surface area contributed by atoms with Crippen LogP contribution < -0.4 is 10.1 Å². The number of thiazole rings is 1. The Balaban J connectivity index is 1.81. The van der Waals surface area contributed by atoms with E-state index in [-0.39, 0.29) is 6.04 Å². The van der Waals surface area contributed by atoms with Gasteiger partial charge in [0.1, 0.15) is 17.4 Å². The van der Waals surface area contributed by atoms with Crippen LogP contribution in [0.2, 0.25) is 0 Å². The number of benzene rings is 2. The predicted octanol–water partition coefficient (Wildman–Crippen LogP) is 5.29. The minimum absolute atomic E-state index is 0.272. The molecule has 0 fully saturated rings. The molecular weight excluding hydrogens is 328 g/mol. The molecule has 25 heavy (non-hydrogen) atoms. The largest absolute Gasteiger partial charge is 0.489 e. The van der Waals surface area contributed by atoms with Crippen molar-refractivity contribution in [1.82, 2.24) is 10.3 Å². The molecule has 0 saturated carbocycles. The van der Waals surface area contributed by atoms with E-state index >= 15 is 0 Å². The van der Waals surface area contributed by atoms with E-state index in [2.05, 4.69) is 55.7 Å². The quantitative estimate of drug-likeness (QED) is 0.655. The molecule has 3 rings (SSSR count). The Hall–Kier alpha value is -2.17. The maximum atomic E-state index is 6.03. The minimum atomic E-state index is 0.272. The van der Waals surface area contributed by atoms with E-state index in [1.807, 2.05) is 25.2 Å². The molecule has 2 aromatic carbocycles. The molecule has 1 heterocycles. The lowest BCUT2D eigenvalue weighted by atomic mass is 10.0. The van der Waals surface area contributed by atoms with Crippen LogP contribution in [0.4, 0.5) is 0 Å². The predicted molar refractivity (Wildman–Crippen MR) is 105 cm³/mol. The summed E-state index contributed by atoms with van der Waals surface area (Å²) in [5.74, 6) is 0.934. The summed E-state index contributed by atoms with van der Waals surface area (Å²) in [5, 5.41) is 6.49. The van der Waals surface area contributed by atoms with Gasteiger partial charge in [-0.25, -0.2) is 4.98 Å². The van der Waals surface area contributed by atoms with Crippen molar-refractivity contribution in [2.75, 3.05) is 7.05 Å². The van der Waals surface area contributed by atoms with E-state index in [0.29, 0.717) is 6.61 Å². The molecule has 4 heteroatoms. The van der Waals surface area contributed by atoms with Gasteiger partial charge >= 0.3 is 0 Å². The molecule has 0 spiro atoms. The summed E-state index contributed by atoms with van der Waals surface area (Å²) in [6.07, 6.45) is 0. The molecule has 3 nitrogen and oxygen atoms in total. The van der Waals surface area contributed by atoms with E-state index in [0.717, 1.165) is 22.0 Å². The molecule has 0 saturated heterocycles. The molecule has 1 N–H and O–H groups in total. The molecule has 1 aromatic heterocycles. The number of rotatable bonds is 6. The zero-order chi connectivity index (χ0) is 17.8.